The number of ether oxygens (including phenoxy) is 1. The first-order chi connectivity index (χ1) is 15.7. The van der Waals surface area contributed by atoms with Gasteiger partial charge in [-0.2, -0.15) is 10.1 Å². The van der Waals surface area contributed by atoms with Crippen molar-refractivity contribution in [2.24, 2.45) is 0 Å². The molecule has 3 aromatic rings. The van der Waals surface area contributed by atoms with Crippen LogP contribution in [-0.4, -0.2) is 56.9 Å². The van der Waals surface area contributed by atoms with E-state index in [0.717, 1.165) is 28.3 Å². The molecule has 1 amide bonds. The van der Waals surface area contributed by atoms with E-state index in [0.29, 0.717) is 24.9 Å². The first kappa shape index (κ1) is 22.5. The van der Waals surface area contributed by atoms with Gasteiger partial charge in [-0.05, 0) is 33.3 Å². The molecule has 0 aliphatic carbocycles. The Morgan fingerprint density at radius 3 is 2.64 bits per heavy atom. The van der Waals surface area contributed by atoms with Crippen LogP contribution in [0.5, 0.6) is 5.88 Å². The van der Waals surface area contributed by atoms with Gasteiger partial charge >= 0.3 is 0 Å². The molecule has 33 heavy (non-hydrogen) atoms. The molecule has 0 saturated carbocycles. The molecule has 0 radical (unpaired) electrons. The van der Waals surface area contributed by atoms with Crippen molar-refractivity contribution < 1.29 is 9.53 Å². The molecule has 1 atom stereocenters. The molecule has 0 unspecified atom stereocenters. The minimum atomic E-state index is -0.275. The molecule has 10 nitrogen and oxygen atoms in total. The number of likely N-dealkylation sites (N-methyl/N-ethyl adjacent to an activating group) is 2. The third kappa shape index (κ3) is 4.74. The summed E-state index contributed by atoms with van der Waals surface area (Å²) in [7, 11) is 3.65. The van der Waals surface area contributed by atoms with Crippen LogP contribution in [0.1, 0.15) is 37.6 Å². The summed E-state index contributed by atoms with van der Waals surface area (Å²) in [4.78, 5) is 29.5. The average molecular weight is 451 g/mol. The fourth-order valence-corrected chi connectivity index (χ4v) is 3.78. The number of hydrogen-bond donors (Lipinski definition) is 1. The molecule has 0 spiro atoms. The lowest BCUT2D eigenvalue weighted by atomic mass is 10.1. The monoisotopic (exact) mass is 450 g/mol. The van der Waals surface area contributed by atoms with E-state index in [2.05, 4.69) is 25.4 Å². The smallest absolute Gasteiger partial charge is 0.249 e. The van der Waals surface area contributed by atoms with Gasteiger partial charge in [-0.3, -0.25) is 9.48 Å². The first-order valence-electron chi connectivity index (χ1n) is 11.0. The van der Waals surface area contributed by atoms with Gasteiger partial charge in [-0.25, -0.2) is 9.97 Å². The Morgan fingerprint density at radius 2 is 1.94 bits per heavy atom. The van der Waals surface area contributed by atoms with E-state index >= 15 is 0 Å². The molecule has 1 N–H and O–H groups in total. The van der Waals surface area contributed by atoms with Gasteiger partial charge in [0.25, 0.3) is 0 Å². The molecule has 0 fully saturated rings. The second-order valence-corrected chi connectivity index (χ2v) is 8.56. The first-order valence-corrected chi connectivity index (χ1v) is 11.0. The summed E-state index contributed by atoms with van der Waals surface area (Å²) >= 11 is 0. The zero-order chi connectivity index (χ0) is 23.7. The second-order valence-electron chi connectivity index (χ2n) is 8.56. The van der Waals surface area contributed by atoms with Crippen LogP contribution in [0.4, 0.5) is 17.5 Å². The molecule has 4 heterocycles. The van der Waals surface area contributed by atoms with E-state index < -0.39 is 0 Å². The van der Waals surface area contributed by atoms with Crippen molar-refractivity contribution in [3.8, 4) is 5.88 Å². The van der Waals surface area contributed by atoms with Crippen molar-refractivity contribution in [3.63, 3.8) is 0 Å². The number of nitrogens with one attached hydrogen (secondary N) is 1. The highest BCUT2D eigenvalue weighted by molar-refractivity contribution is 6.04. The number of carbonyl (C=O) groups excluding carboxylic acids is 1. The predicted molar refractivity (Wildman–Crippen MR) is 127 cm³/mol. The van der Waals surface area contributed by atoms with E-state index in [-0.39, 0.29) is 18.1 Å². The zero-order valence-electron chi connectivity index (χ0n) is 19.9. The van der Waals surface area contributed by atoms with Crippen molar-refractivity contribution in [1.82, 2.24) is 24.7 Å². The van der Waals surface area contributed by atoms with E-state index in [1.807, 2.05) is 68.9 Å². The molecule has 1 aliphatic heterocycles. The van der Waals surface area contributed by atoms with Crippen molar-refractivity contribution >= 4 is 23.4 Å². The van der Waals surface area contributed by atoms with Crippen molar-refractivity contribution in [1.29, 1.82) is 0 Å². The molecule has 0 aromatic carbocycles. The number of amides is 1. The third-order valence-electron chi connectivity index (χ3n) is 5.61. The molecular formula is C23H30N8O2. The molecule has 4 rings (SSSR count). The van der Waals surface area contributed by atoms with Gasteiger partial charge in [0.15, 0.2) is 5.82 Å². The lowest BCUT2D eigenvalue weighted by Gasteiger charge is -2.37. The van der Waals surface area contributed by atoms with Gasteiger partial charge in [0, 0.05) is 44.7 Å². The molecule has 0 bridgehead atoms. The molecule has 174 valence electrons. The Hall–Kier alpha value is -3.69. The van der Waals surface area contributed by atoms with Crippen LogP contribution in [0, 0.1) is 6.92 Å². The van der Waals surface area contributed by atoms with Gasteiger partial charge in [0.05, 0.1) is 24.5 Å². The standard InChI is InChI=1S/C23H30N8O2/c1-14(2)33-19-8-7-17(9-24-19)12-31-13-18(11-26-31)10-25-23-27-15(3)20-21(28-23)29(5)16(4)22(32)30(20)6/h7-9,11,13-14,16H,10,12H2,1-6H3,(H,25,27,28)/t16-/m0/s1. The van der Waals surface area contributed by atoms with Gasteiger partial charge in [-0.1, -0.05) is 6.07 Å². The largest absolute Gasteiger partial charge is 0.475 e. The van der Waals surface area contributed by atoms with Gasteiger partial charge in [0.1, 0.15) is 11.7 Å². The van der Waals surface area contributed by atoms with Crippen molar-refractivity contribution in [2.75, 3.05) is 29.2 Å². The number of pyridine rings is 1. The number of hydrogen-bond acceptors (Lipinski definition) is 8. The summed E-state index contributed by atoms with van der Waals surface area (Å²) in [5.41, 5.74) is 3.55. The normalized spacial score (nSPS) is 15.7. The number of nitrogens with zero attached hydrogens (tertiary/aromatic N) is 7. The van der Waals surface area contributed by atoms with Crippen LogP contribution < -0.4 is 19.9 Å². The quantitative estimate of drug-likeness (QED) is 0.586. The van der Waals surface area contributed by atoms with Crippen molar-refractivity contribution in [2.45, 2.75) is 52.9 Å². The predicted octanol–water partition coefficient (Wildman–Crippen LogP) is 2.63. The number of aromatic nitrogens is 5. The molecule has 10 heteroatoms. The SMILES string of the molecule is Cc1nc(NCc2cnn(Cc3ccc(OC(C)C)nc3)c2)nc2c1N(C)C(=O)[C@H](C)N2C. The lowest BCUT2D eigenvalue weighted by Crippen LogP contribution is -2.49. The summed E-state index contributed by atoms with van der Waals surface area (Å²) in [5, 5.41) is 7.73. The summed E-state index contributed by atoms with van der Waals surface area (Å²) in [6, 6.07) is 3.59. The Morgan fingerprint density at radius 1 is 1.15 bits per heavy atom. The van der Waals surface area contributed by atoms with E-state index in [1.54, 1.807) is 18.1 Å². The Kier molecular flexibility index (Phi) is 6.17. The Balaban J connectivity index is 1.42. The number of anilines is 3. The summed E-state index contributed by atoms with van der Waals surface area (Å²) in [6.45, 7) is 8.87. The van der Waals surface area contributed by atoms with E-state index in [9.17, 15) is 4.79 Å². The minimum absolute atomic E-state index is 0.0297. The maximum Gasteiger partial charge on any atom is 0.249 e. The fraction of sp³-hybridized carbons (Fsp3) is 0.435. The van der Waals surface area contributed by atoms with Crippen LogP contribution >= 0.6 is 0 Å². The highest BCUT2D eigenvalue weighted by atomic mass is 16.5. The maximum absolute atomic E-state index is 12.4. The summed E-state index contributed by atoms with van der Waals surface area (Å²) in [5.74, 6) is 1.91. The highest BCUT2D eigenvalue weighted by Crippen LogP contribution is 2.35. The average Bonchev–Trinajstić information content (AvgIpc) is 3.22. The van der Waals surface area contributed by atoms with Gasteiger partial charge in [0.2, 0.25) is 17.7 Å². The maximum atomic E-state index is 12.4. The minimum Gasteiger partial charge on any atom is -0.475 e. The van der Waals surface area contributed by atoms with Crippen LogP contribution in [-0.2, 0) is 17.9 Å². The molecule has 1 aliphatic rings. The third-order valence-corrected chi connectivity index (χ3v) is 5.61. The van der Waals surface area contributed by atoms with Crippen LogP contribution in [0.2, 0.25) is 0 Å². The summed E-state index contributed by atoms with van der Waals surface area (Å²) in [6.07, 6.45) is 5.71. The summed E-state index contributed by atoms with van der Waals surface area (Å²) < 4.78 is 7.46. The van der Waals surface area contributed by atoms with Crippen LogP contribution in [0.3, 0.4) is 0 Å². The van der Waals surface area contributed by atoms with Crippen LogP contribution in [0.25, 0.3) is 0 Å². The fourth-order valence-electron chi connectivity index (χ4n) is 3.78. The number of aryl methyl sites for hydroxylation is 1. The topological polar surface area (TPSA) is 101 Å². The number of carbonyl (C=O) groups is 1. The second kappa shape index (κ2) is 9.05. The highest BCUT2D eigenvalue weighted by Gasteiger charge is 2.34. The van der Waals surface area contributed by atoms with E-state index in [4.69, 9.17) is 4.74 Å². The molecule has 0 saturated heterocycles. The Bertz CT molecular complexity index is 1140. The van der Waals surface area contributed by atoms with E-state index in [1.165, 1.54) is 0 Å². The Labute approximate surface area is 193 Å². The molecular weight excluding hydrogens is 420 g/mol. The number of fused-ring (bicyclic) bond motifs is 1. The van der Waals surface area contributed by atoms with Gasteiger partial charge in [-0.15, -0.1) is 0 Å². The van der Waals surface area contributed by atoms with Crippen LogP contribution in [0.15, 0.2) is 30.7 Å². The van der Waals surface area contributed by atoms with Crippen molar-refractivity contribution in [3.05, 3.63) is 47.5 Å². The lowest BCUT2D eigenvalue weighted by molar-refractivity contribution is -0.119. The number of rotatable bonds is 7. The zero-order valence-corrected chi connectivity index (χ0v) is 19.9. The van der Waals surface area contributed by atoms with Gasteiger partial charge < -0.3 is 19.9 Å². The molecule has 3 aromatic heterocycles.